The predicted octanol–water partition coefficient (Wildman–Crippen LogP) is 2.09. The number of pyridine rings is 1. The standard InChI is InChI=1S/C16H15NO4/c18-16(19)15-9-12-1-2-13(10-14(12)21-15)20-8-5-11-3-6-17-7-4-11/h1-4,6-7,10,15H,5,8-9H2,(H,18,19). The molecule has 108 valence electrons. The minimum Gasteiger partial charge on any atom is -0.493 e. The zero-order chi connectivity index (χ0) is 14.7. The topological polar surface area (TPSA) is 68.7 Å². The SMILES string of the molecule is O=C(O)C1Cc2ccc(OCCc3ccncc3)cc2O1. The summed E-state index contributed by atoms with van der Waals surface area (Å²) in [7, 11) is 0. The summed E-state index contributed by atoms with van der Waals surface area (Å²) in [5.74, 6) is 0.351. The second-order valence-electron chi connectivity index (χ2n) is 4.87. The van der Waals surface area contributed by atoms with Gasteiger partial charge < -0.3 is 14.6 Å². The molecule has 0 aliphatic carbocycles. The van der Waals surface area contributed by atoms with Crippen LogP contribution in [0.25, 0.3) is 0 Å². The normalized spacial score (nSPS) is 16.1. The number of carbonyl (C=O) groups is 1. The summed E-state index contributed by atoms with van der Waals surface area (Å²) >= 11 is 0. The van der Waals surface area contributed by atoms with Gasteiger partial charge in [-0.25, -0.2) is 4.79 Å². The first kappa shape index (κ1) is 13.4. The molecule has 1 aromatic heterocycles. The highest BCUT2D eigenvalue weighted by molar-refractivity contribution is 5.74. The maximum Gasteiger partial charge on any atom is 0.345 e. The van der Waals surface area contributed by atoms with E-state index in [-0.39, 0.29) is 0 Å². The van der Waals surface area contributed by atoms with Gasteiger partial charge in [0.25, 0.3) is 0 Å². The van der Waals surface area contributed by atoms with Crippen LogP contribution < -0.4 is 9.47 Å². The Morgan fingerprint density at radius 3 is 2.90 bits per heavy atom. The molecule has 0 bridgehead atoms. The third-order valence-electron chi connectivity index (χ3n) is 3.40. The molecule has 1 aliphatic heterocycles. The van der Waals surface area contributed by atoms with E-state index in [2.05, 4.69) is 4.98 Å². The van der Waals surface area contributed by atoms with Crippen LogP contribution in [0.5, 0.6) is 11.5 Å². The average Bonchev–Trinajstić information content (AvgIpc) is 2.92. The van der Waals surface area contributed by atoms with E-state index in [9.17, 15) is 4.79 Å². The molecule has 2 heterocycles. The zero-order valence-corrected chi connectivity index (χ0v) is 11.4. The molecule has 0 spiro atoms. The maximum atomic E-state index is 10.9. The Labute approximate surface area is 122 Å². The number of carboxylic acids is 1. The Morgan fingerprint density at radius 2 is 2.14 bits per heavy atom. The molecule has 1 aliphatic rings. The van der Waals surface area contributed by atoms with Crippen LogP contribution in [-0.2, 0) is 17.6 Å². The molecule has 21 heavy (non-hydrogen) atoms. The van der Waals surface area contributed by atoms with Crippen molar-refractivity contribution in [3.8, 4) is 11.5 Å². The molecule has 1 unspecified atom stereocenters. The first-order chi connectivity index (χ1) is 10.2. The van der Waals surface area contributed by atoms with Gasteiger partial charge >= 0.3 is 5.97 Å². The van der Waals surface area contributed by atoms with Gasteiger partial charge in [-0.05, 0) is 29.3 Å². The minimum absolute atomic E-state index is 0.405. The highest BCUT2D eigenvalue weighted by Gasteiger charge is 2.28. The lowest BCUT2D eigenvalue weighted by Gasteiger charge is -2.08. The number of fused-ring (bicyclic) bond motifs is 1. The highest BCUT2D eigenvalue weighted by atomic mass is 16.5. The van der Waals surface area contributed by atoms with Gasteiger partial charge in [0, 0.05) is 31.3 Å². The van der Waals surface area contributed by atoms with E-state index in [0.717, 1.165) is 17.5 Å². The Bertz CT molecular complexity index is 642. The molecule has 0 saturated heterocycles. The first-order valence-electron chi connectivity index (χ1n) is 6.76. The molecule has 2 aromatic rings. The van der Waals surface area contributed by atoms with Crippen molar-refractivity contribution in [1.29, 1.82) is 0 Å². The third kappa shape index (κ3) is 3.13. The fraction of sp³-hybridized carbons (Fsp3) is 0.250. The van der Waals surface area contributed by atoms with Crippen molar-refractivity contribution in [2.75, 3.05) is 6.61 Å². The number of rotatable bonds is 5. The molecule has 1 N–H and O–H groups in total. The summed E-state index contributed by atoms with van der Waals surface area (Å²) < 4.78 is 11.1. The second kappa shape index (κ2) is 5.83. The third-order valence-corrected chi connectivity index (χ3v) is 3.40. The van der Waals surface area contributed by atoms with E-state index >= 15 is 0 Å². The number of carboxylic acid groups (broad SMARTS) is 1. The number of aliphatic carboxylic acids is 1. The van der Waals surface area contributed by atoms with E-state index in [1.54, 1.807) is 18.5 Å². The number of ether oxygens (including phenoxy) is 2. The van der Waals surface area contributed by atoms with Crippen molar-refractivity contribution in [3.63, 3.8) is 0 Å². The first-order valence-corrected chi connectivity index (χ1v) is 6.76. The average molecular weight is 285 g/mol. The monoisotopic (exact) mass is 285 g/mol. The summed E-state index contributed by atoms with van der Waals surface area (Å²) in [5.41, 5.74) is 2.07. The fourth-order valence-electron chi connectivity index (χ4n) is 2.27. The van der Waals surface area contributed by atoms with Crippen molar-refractivity contribution in [3.05, 3.63) is 53.9 Å². The van der Waals surface area contributed by atoms with Crippen molar-refractivity contribution in [1.82, 2.24) is 4.98 Å². The van der Waals surface area contributed by atoms with Gasteiger partial charge in [0.05, 0.1) is 6.61 Å². The van der Waals surface area contributed by atoms with Gasteiger partial charge in [-0.1, -0.05) is 6.07 Å². The fourth-order valence-corrected chi connectivity index (χ4v) is 2.27. The number of hydrogen-bond acceptors (Lipinski definition) is 4. The van der Waals surface area contributed by atoms with Gasteiger partial charge in [0.15, 0.2) is 6.10 Å². The van der Waals surface area contributed by atoms with Crippen molar-refractivity contribution in [2.24, 2.45) is 0 Å². The zero-order valence-electron chi connectivity index (χ0n) is 11.4. The maximum absolute atomic E-state index is 10.9. The molecule has 1 aromatic carbocycles. The number of aromatic nitrogens is 1. The van der Waals surface area contributed by atoms with E-state index in [4.69, 9.17) is 14.6 Å². The van der Waals surface area contributed by atoms with E-state index in [1.165, 1.54) is 0 Å². The van der Waals surface area contributed by atoms with Crippen LogP contribution in [-0.4, -0.2) is 28.8 Å². The van der Waals surface area contributed by atoms with Crippen LogP contribution in [0.4, 0.5) is 0 Å². The molecule has 5 nitrogen and oxygen atoms in total. The van der Waals surface area contributed by atoms with Crippen molar-refractivity contribution >= 4 is 5.97 Å². The van der Waals surface area contributed by atoms with Crippen LogP contribution in [0.2, 0.25) is 0 Å². The number of nitrogens with zero attached hydrogens (tertiary/aromatic N) is 1. The predicted molar refractivity (Wildman–Crippen MR) is 75.6 cm³/mol. The van der Waals surface area contributed by atoms with Gasteiger partial charge in [-0.15, -0.1) is 0 Å². The lowest BCUT2D eigenvalue weighted by atomic mass is 10.1. The van der Waals surface area contributed by atoms with Gasteiger partial charge in [-0.2, -0.15) is 0 Å². The van der Waals surface area contributed by atoms with Crippen LogP contribution >= 0.6 is 0 Å². The van der Waals surface area contributed by atoms with Crippen molar-refractivity contribution in [2.45, 2.75) is 18.9 Å². The lowest BCUT2D eigenvalue weighted by Crippen LogP contribution is -2.24. The summed E-state index contributed by atoms with van der Waals surface area (Å²) in [5, 5.41) is 8.96. The summed E-state index contributed by atoms with van der Waals surface area (Å²) in [4.78, 5) is 14.9. The van der Waals surface area contributed by atoms with Crippen LogP contribution in [0.1, 0.15) is 11.1 Å². The molecular formula is C16H15NO4. The quantitative estimate of drug-likeness (QED) is 0.911. The minimum atomic E-state index is -0.939. The highest BCUT2D eigenvalue weighted by Crippen LogP contribution is 2.32. The second-order valence-corrected chi connectivity index (χ2v) is 4.87. The summed E-state index contributed by atoms with van der Waals surface area (Å²) in [6.45, 7) is 0.547. The Kier molecular flexibility index (Phi) is 3.73. The Hall–Kier alpha value is -2.56. The summed E-state index contributed by atoms with van der Waals surface area (Å²) in [6, 6.07) is 9.36. The smallest absolute Gasteiger partial charge is 0.345 e. The molecule has 5 heteroatoms. The van der Waals surface area contributed by atoms with Crippen LogP contribution in [0, 0.1) is 0 Å². The van der Waals surface area contributed by atoms with Gasteiger partial charge in [0.2, 0.25) is 0 Å². The number of benzene rings is 1. The molecule has 0 amide bonds. The lowest BCUT2D eigenvalue weighted by molar-refractivity contribution is -0.144. The largest absolute Gasteiger partial charge is 0.493 e. The van der Waals surface area contributed by atoms with Crippen LogP contribution in [0.15, 0.2) is 42.7 Å². The summed E-state index contributed by atoms with van der Waals surface area (Å²) in [6.07, 6.45) is 3.92. The van der Waals surface area contributed by atoms with Gasteiger partial charge in [0.1, 0.15) is 11.5 Å². The molecule has 0 fully saturated rings. The number of hydrogen-bond donors (Lipinski definition) is 1. The molecule has 0 radical (unpaired) electrons. The van der Waals surface area contributed by atoms with E-state index in [0.29, 0.717) is 24.5 Å². The van der Waals surface area contributed by atoms with E-state index < -0.39 is 12.1 Å². The molecule has 0 saturated carbocycles. The molecule has 3 rings (SSSR count). The Morgan fingerprint density at radius 1 is 1.33 bits per heavy atom. The van der Waals surface area contributed by atoms with E-state index in [1.807, 2.05) is 24.3 Å². The van der Waals surface area contributed by atoms with Crippen LogP contribution in [0.3, 0.4) is 0 Å². The van der Waals surface area contributed by atoms with Crippen molar-refractivity contribution < 1.29 is 19.4 Å². The van der Waals surface area contributed by atoms with Gasteiger partial charge in [-0.3, -0.25) is 4.98 Å². The Balaban J connectivity index is 1.59. The molecular weight excluding hydrogens is 270 g/mol. The molecule has 1 atom stereocenters.